The Bertz CT molecular complexity index is 329. The van der Waals surface area contributed by atoms with E-state index in [9.17, 15) is 8.78 Å². The van der Waals surface area contributed by atoms with Crippen molar-refractivity contribution >= 4 is 0 Å². The third-order valence-corrected chi connectivity index (χ3v) is 1.99. The summed E-state index contributed by atoms with van der Waals surface area (Å²) < 4.78 is 30.1. The van der Waals surface area contributed by atoms with E-state index >= 15 is 0 Å². The lowest BCUT2D eigenvalue weighted by Crippen LogP contribution is -2.21. The van der Waals surface area contributed by atoms with Crippen molar-refractivity contribution in [2.75, 3.05) is 13.3 Å². The molecule has 0 fully saturated rings. The molecule has 0 aliphatic rings. The van der Waals surface area contributed by atoms with Gasteiger partial charge >= 0.3 is 0 Å². The zero-order chi connectivity index (χ0) is 12.0. The molecule has 0 aromatic heterocycles. The molecule has 1 N–H and O–H groups in total. The summed E-state index contributed by atoms with van der Waals surface area (Å²) in [5.74, 6) is 0.00937. The van der Waals surface area contributed by atoms with Gasteiger partial charge < -0.3 is 10.1 Å². The molecule has 0 unspecified atom stereocenters. The Morgan fingerprint density at radius 1 is 1.31 bits per heavy atom. The molecule has 1 aromatic rings. The third-order valence-electron chi connectivity index (χ3n) is 1.99. The first-order valence-electron chi connectivity index (χ1n) is 5.33. The highest BCUT2D eigenvalue weighted by Gasteiger charge is 2.02. The highest BCUT2D eigenvalue weighted by atomic mass is 19.1. The van der Waals surface area contributed by atoms with Crippen LogP contribution in [0.2, 0.25) is 0 Å². The number of ether oxygens (including phenoxy) is 1. The van der Waals surface area contributed by atoms with E-state index in [1.807, 2.05) is 13.8 Å². The maximum absolute atomic E-state index is 13.2. The highest BCUT2D eigenvalue weighted by molar-refractivity contribution is 5.29. The lowest BCUT2D eigenvalue weighted by Gasteiger charge is -2.10. The van der Waals surface area contributed by atoms with E-state index in [0.29, 0.717) is 18.3 Å². The fourth-order valence-corrected chi connectivity index (χ4v) is 1.28. The summed E-state index contributed by atoms with van der Waals surface area (Å²) in [6, 6.07) is 4.75. The zero-order valence-electron chi connectivity index (χ0n) is 9.59. The van der Waals surface area contributed by atoms with Crippen molar-refractivity contribution < 1.29 is 13.5 Å². The number of hydrogen-bond acceptors (Lipinski definition) is 2. The molecule has 1 aromatic carbocycles. The van der Waals surface area contributed by atoms with Gasteiger partial charge in [-0.1, -0.05) is 13.8 Å². The molecule has 0 heterocycles. The van der Waals surface area contributed by atoms with E-state index in [1.54, 1.807) is 6.07 Å². The van der Waals surface area contributed by atoms with Gasteiger partial charge in [-0.3, -0.25) is 0 Å². The van der Waals surface area contributed by atoms with Gasteiger partial charge in [-0.2, -0.15) is 0 Å². The third kappa shape index (κ3) is 4.57. The second kappa shape index (κ2) is 6.43. The molecular weight excluding hydrogens is 212 g/mol. The summed E-state index contributed by atoms with van der Waals surface area (Å²) in [5.41, 5.74) is 0.794. The Labute approximate surface area is 94.6 Å². The summed E-state index contributed by atoms with van der Waals surface area (Å²) in [6.07, 6.45) is 0. The second-order valence-corrected chi connectivity index (χ2v) is 3.87. The van der Waals surface area contributed by atoms with Gasteiger partial charge in [0.2, 0.25) is 0 Å². The Hall–Kier alpha value is -1.16. The van der Waals surface area contributed by atoms with Gasteiger partial charge in [0.1, 0.15) is 24.8 Å². The van der Waals surface area contributed by atoms with E-state index in [-0.39, 0.29) is 12.4 Å². The maximum atomic E-state index is 13.2. The second-order valence-electron chi connectivity index (χ2n) is 3.87. The molecule has 2 nitrogen and oxygen atoms in total. The molecular formula is C12H17F2NO. The minimum atomic E-state index is -0.573. The number of halogens is 2. The molecule has 0 aliphatic heterocycles. The van der Waals surface area contributed by atoms with E-state index in [4.69, 9.17) is 4.74 Å². The average molecular weight is 229 g/mol. The van der Waals surface area contributed by atoms with Crippen LogP contribution in [-0.2, 0) is 6.54 Å². The molecule has 0 bridgehead atoms. The smallest absolute Gasteiger partial charge is 0.127 e. The summed E-state index contributed by atoms with van der Waals surface area (Å²) in [7, 11) is 0. The van der Waals surface area contributed by atoms with Gasteiger partial charge in [0, 0.05) is 18.7 Å². The molecule has 0 amide bonds. The molecule has 0 saturated carbocycles. The van der Waals surface area contributed by atoms with E-state index in [2.05, 4.69) is 5.32 Å². The van der Waals surface area contributed by atoms with Crippen LogP contribution in [0.5, 0.6) is 5.75 Å². The van der Waals surface area contributed by atoms with Crippen molar-refractivity contribution in [1.29, 1.82) is 0 Å². The summed E-state index contributed by atoms with van der Waals surface area (Å²) >= 11 is 0. The van der Waals surface area contributed by atoms with Crippen molar-refractivity contribution in [3.05, 3.63) is 29.6 Å². The maximum Gasteiger partial charge on any atom is 0.127 e. The van der Waals surface area contributed by atoms with Crippen LogP contribution in [0.1, 0.15) is 19.4 Å². The van der Waals surface area contributed by atoms with Gasteiger partial charge in [-0.15, -0.1) is 0 Å². The number of hydrogen-bond donors (Lipinski definition) is 1. The molecule has 4 heteroatoms. The minimum Gasteiger partial charge on any atom is -0.491 e. The van der Waals surface area contributed by atoms with Crippen molar-refractivity contribution in [1.82, 2.24) is 5.32 Å². The number of alkyl halides is 1. The molecule has 16 heavy (non-hydrogen) atoms. The summed E-state index contributed by atoms with van der Waals surface area (Å²) in [5, 5.41) is 3.18. The quantitative estimate of drug-likeness (QED) is 0.809. The Kier molecular flexibility index (Phi) is 5.19. The van der Waals surface area contributed by atoms with Crippen LogP contribution in [0, 0.1) is 5.82 Å². The van der Waals surface area contributed by atoms with Gasteiger partial charge in [0.25, 0.3) is 0 Å². The van der Waals surface area contributed by atoms with Gasteiger partial charge in [0.15, 0.2) is 0 Å². The van der Waals surface area contributed by atoms with Crippen LogP contribution < -0.4 is 10.1 Å². The summed E-state index contributed by atoms with van der Waals surface area (Å²) in [6.45, 7) is 3.98. The molecule has 1 rings (SSSR count). The van der Waals surface area contributed by atoms with Crippen LogP contribution >= 0.6 is 0 Å². The Balaban J connectivity index is 2.65. The first kappa shape index (κ1) is 12.9. The number of nitrogens with one attached hydrogen (secondary N) is 1. The van der Waals surface area contributed by atoms with Crippen LogP contribution in [0.25, 0.3) is 0 Å². The van der Waals surface area contributed by atoms with Gasteiger partial charge in [-0.05, 0) is 17.7 Å². The largest absolute Gasteiger partial charge is 0.491 e. The predicted molar refractivity (Wildman–Crippen MR) is 59.8 cm³/mol. The van der Waals surface area contributed by atoms with Gasteiger partial charge in [-0.25, -0.2) is 8.78 Å². The number of rotatable bonds is 6. The SMILES string of the molecule is CC(C)NCc1cc(F)cc(OCCF)c1. The van der Waals surface area contributed by atoms with Crippen molar-refractivity contribution in [2.24, 2.45) is 0 Å². The summed E-state index contributed by atoms with van der Waals surface area (Å²) in [4.78, 5) is 0. The zero-order valence-corrected chi connectivity index (χ0v) is 9.59. The van der Waals surface area contributed by atoms with Crippen LogP contribution in [0.15, 0.2) is 18.2 Å². The molecule has 0 saturated heterocycles. The normalized spacial score (nSPS) is 10.8. The lowest BCUT2D eigenvalue weighted by atomic mass is 10.2. The van der Waals surface area contributed by atoms with Crippen molar-refractivity contribution in [2.45, 2.75) is 26.4 Å². The van der Waals surface area contributed by atoms with E-state index in [1.165, 1.54) is 12.1 Å². The van der Waals surface area contributed by atoms with E-state index in [0.717, 1.165) is 5.56 Å². The van der Waals surface area contributed by atoms with Gasteiger partial charge in [0.05, 0.1) is 0 Å². The van der Waals surface area contributed by atoms with Crippen molar-refractivity contribution in [3.8, 4) is 5.75 Å². The van der Waals surface area contributed by atoms with Crippen LogP contribution in [0.3, 0.4) is 0 Å². The van der Waals surface area contributed by atoms with Crippen molar-refractivity contribution in [3.63, 3.8) is 0 Å². The average Bonchev–Trinajstić information content (AvgIpc) is 2.23. The van der Waals surface area contributed by atoms with Crippen LogP contribution in [-0.4, -0.2) is 19.3 Å². The molecule has 0 spiro atoms. The molecule has 0 aliphatic carbocycles. The first-order valence-corrected chi connectivity index (χ1v) is 5.33. The van der Waals surface area contributed by atoms with Crippen LogP contribution in [0.4, 0.5) is 8.78 Å². The fraction of sp³-hybridized carbons (Fsp3) is 0.500. The Morgan fingerprint density at radius 2 is 2.06 bits per heavy atom. The monoisotopic (exact) mass is 229 g/mol. The highest BCUT2D eigenvalue weighted by Crippen LogP contribution is 2.16. The van der Waals surface area contributed by atoms with E-state index < -0.39 is 6.67 Å². The topological polar surface area (TPSA) is 21.3 Å². The minimum absolute atomic E-state index is 0.0412. The lowest BCUT2D eigenvalue weighted by molar-refractivity contribution is 0.272. The Morgan fingerprint density at radius 3 is 2.69 bits per heavy atom. The molecule has 0 radical (unpaired) electrons. The first-order chi connectivity index (χ1) is 7.61. The number of benzene rings is 1. The standard InChI is InChI=1S/C12H17F2NO/c1-9(2)15-8-10-5-11(14)7-12(6-10)16-4-3-13/h5-7,9,15H,3-4,8H2,1-2H3. The molecule has 0 atom stereocenters. The fourth-order valence-electron chi connectivity index (χ4n) is 1.28. The molecule has 90 valence electrons. The predicted octanol–water partition coefficient (Wildman–Crippen LogP) is 2.67.